The molecule has 2 aromatic heterocycles. The fourth-order valence-electron chi connectivity index (χ4n) is 4.67. The number of aromatic amines is 1. The number of H-pyrrole nitrogens is 1. The topological polar surface area (TPSA) is 105 Å². The van der Waals surface area contributed by atoms with Gasteiger partial charge in [-0.2, -0.15) is 0 Å². The van der Waals surface area contributed by atoms with E-state index < -0.39 is 6.10 Å². The minimum atomic E-state index is -0.556. The highest BCUT2D eigenvalue weighted by Crippen LogP contribution is 2.30. The summed E-state index contributed by atoms with van der Waals surface area (Å²) in [7, 11) is 0. The predicted octanol–water partition coefficient (Wildman–Crippen LogP) is 4.82. The van der Waals surface area contributed by atoms with Crippen LogP contribution in [0.5, 0.6) is 5.75 Å². The van der Waals surface area contributed by atoms with E-state index in [4.69, 9.17) is 9.72 Å². The fourth-order valence-corrected chi connectivity index (χ4v) is 4.67. The molecule has 9 heteroatoms. The largest absolute Gasteiger partial charge is 0.493 e. The number of nitrogens with one attached hydrogen (secondary N) is 2. The highest BCUT2D eigenvalue weighted by molar-refractivity contribution is 5.93. The van der Waals surface area contributed by atoms with Crippen LogP contribution in [-0.2, 0) is 13.0 Å². The van der Waals surface area contributed by atoms with E-state index in [1.165, 1.54) is 12.1 Å². The van der Waals surface area contributed by atoms with Crippen LogP contribution in [0.3, 0.4) is 0 Å². The minimum absolute atomic E-state index is 0.274. The average molecular weight is 544 g/mol. The Morgan fingerprint density at radius 1 is 1.07 bits per heavy atom. The maximum Gasteiger partial charge on any atom is 0.259 e. The standard InChI is InChI=1S/C31H34FN5O3/c1-4-11-40-29-10-7-21(12-23(38)16-33-19(2)3)13-25(29)30-35-26-15-27-28(14-24(26)31(39)36-30)37(18-34-27)17-20-5-8-22(32)9-6-20/h5-10,13-15,18-19,23,33,38H,4,11-12,16-17H2,1-3H3,(H,35,36,39). The Labute approximate surface area is 231 Å². The summed E-state index contributed by atoms with van der Waals surface area (Å²) in [6, 6.07) is 15.9. The van der Waals surface area contributed by atoms with Crippen LogP contribution in [0.1, 0.15) is 38.3 Å². The Kier molecular flexibility index (Phi) is 8.23. The number of nitrogens with zero attached hydrogens (tertiary/aromatic N) is 3. The molecule has 1 atom stereocenters. The molecule has 0 fully saturated rings. The monoisotopic (exact) mass is 543 g/mol. The van der Waals surface area contributed by atoms with Crippen LogP contribution in [0.25, 0.3) is 33.3 Å². The molecule has 0 radical (unpaired) electrons. The molecule has 8 nitrogen and oxygen atoms in total. The molecule has 0 saturated carbocycles. The molecule has 5 aromatic rings. The first-order chi connectivity index (χ1) is 19.3. The summed E-state index contributed by atoms with van der Waals surface area (Å²) in [5, 5.41) is 14.2. The SMILES string of the molecule is CCCOc1ccc(CC(O)CNC(C)C)cc1-c1nc2cc3ncn(Cc4ccc(F)cc4)c3cc2c(=O)[nH]1. The quantitative estimate of drug-likeness (QED) is 0.221. The molecule has 2 heterocycles. The first kappa shape index (κ1) is 27.5. The Morgan fingerprint density at radius 2 is 1.85 bits per heavy atom. The highest BCUT2D eigenvalue weighted by Gasteiger charge is 2.16. The van der Waals surface area contributed by atoms with Crippen LogP contribution in [0.15, 0.2) is 65.7 Å². The lowest BCUT2D eigenvalue weighted by molar-refractivity contribution is 0.169. The van der Waals surface area contributed by atoms with Crippen molar-refractivity contribution in [1.29, 1.82) is 0 Å². The van der Waals surface area contributed by atoms with Crippen LogP contribution in [0.2, 0.25) is 0 Å². The number of rotatable bonds is 11. The molecule has 40 heavy (non-hydrogen) atoms. The molecule has 0 amide bonds. The van der Waals surface area contributed by atoms with Gasteiger partial charge >= 0.3 is 0 Å². The van der Waals surface area contributed by atoms with Crippen molar-refractivity contribution in [2.24, 2.45) is 0 Å². The Balaban J connectivity index is 1.51. The second-order valence-electron chi connectivity index (χ2n) is 10.4. The summed E-state index contributed by atoms with van der Waals surface area (Å²) >= 11 is 0. The molecule has 0 bridgehead atoms. The molecule has 0 aliphatic rings. The Morgan fingerprint density at radius 3 is 2.60 bits per heavy atom. The van der Waals surface area contributed by atoms with Gasteiger partial charge in [-0.25, -0.2) is 14.4 Å². The zero-order valence-electron chi connectivity index (χ0n) is 22.9. The van der Waals surface area contributed by atoms with Gasteiger partial charge in [-0.15, -0.1) is 0 Å². The summed E-state index contributed by atoms with van der Waals surface area (Å²) in [6.07, 6.45) is 2.44. The Hall–Kier alpha value is -4.08. The number of ether oxygens (including phenoxy) is 1. The maximum atomic E-state index is 13.3. The van der Waals surface area contributed by atoms with Crippen molar-refractivity contribution < 1.29 is 14.2 Å². The van der Waals surface area contributed by atoms with Crippen LogP contribution < -0.4 is 15.6 Å². The number of aliphatic hydroxyl groups excluding tert-OH is 1. The van der Waals surface area contributed by atoms with Crippen molar-refractivity contribution in [3.8, 4) is 17.1 Å². The number of fused-ring (bicyclic) bond motifs is 2. The summed E-state index contributed by atoms with van der Waals surface area (Å²) < 4.78 is 21.2. The second-order valence-corrected chi connectivity index (χ2v) is 10.4. The van der Waals surface area contributed by atoms with Crippen molar-refractivity contribution in [2.45, 2.75) is 52.3 Å². The lowest BCUT2D eigenvalue weighted by Gasteiger charge is -2.16. The van der Waals surface area contributed by atoms with Gasteiger partial charge in [-0.3, -0.25) is 4.79 Å². The Bertz CT molecular complexity index is 1680. The zero-order valence-corrected chi connectivity index (χ0v) is 22.9. The van der Waals surface area contributed by atoms with Gasteiger partial charge in [-0.1, -0.05) is 39.0 Å². The molecule has 0 spiro atoms. The predicted molar refractivity (Wildman–Crippen MR) is 155 cm³/mol. The van der Waals surface area contributed by atoms with Crippen LogP contribution in [0, 0.1) is 5.82 Å². The third-order valence-corrected chi connectivity index (χ3v) is 6.71. The number of hydrogen-bond acceptors (Lipinski definition) is 6. The van der Waals surface area contributed by atoms with Crippen molar-refractivity contribution in [2.75, 3.05) is 13.2 Å². The van der Waals surface area contributed by atoms with Crippen molar-refractivity contribution in [3.63, 3.8) is 0 Å². The molecule has 3 aromatic carbocycles. The molecule has 5 rings (SSSR count). The first-order valence-corrected chi connectivity index (χ1v) is 13.6. The van der Waals surface area contributed by atoms with Gasteiger partial charge < -0.3 is 24.7 Å². The normalized spacial score (nSPS) is 12.4. The number of aliphatic hydroxyl groups is 1. The first-order valence-electron chi connectivity index (χ1n) is 13.6. The van der Waals surface area contributed by atoms with Gasteiger partial charge in [0.2, 0.25) is 0 Å². The fraction of sp³-hybridized carbons (Fsp3) is 0.323. The molecule has 0 aliphatic heterocycles. The van der Waals surface area contributed by atoms with Gasteiger partial charge in [0.1, 0.15) is 17.4 Å². The van der Waals surface area contributed by atoms with E-state index >= 15 is 0 Å². The molecule has 1 unspecified atom stereocenters. The smallest absolute Gasteiger partial charge is 0.259 e. The molecule has 208 valence electrons. The third-order valence-electron chi connectivity index (χ3n) is 6.71. The lowest BCUT2D eigenvalue weighted by atomic mass is 10.0. The van der Waals surface area contributed by atoms with Crippen LogP contribution in [0.4, 0.5) is 4.39 Å². The van der Waals surface area contributed by atoms with E-state index in [-0.39, 0.29) is 17.4 Å². The molecular weight excluding hydrogens is 509 g/mol. The van der Waals surface area contributed by atoms with E-state index in [1.54, 1.807) is 24.5 Å². The third kappa shape index (κ3) is 6.21. The molecule has 3 N–H and O–H groups in total. The van der Waals surface area contributed by atoms with E-state index in [9.17, 15) is 14.3 Å². The van der Waals surface area contributed by atoms with Gasteiger partial charge in [-0.05, 0) is 60.4 Å². The van der Waals surface area contributed by atoms with E-state index in [1.807, 2.05) is 49.6 Å². The molecular formula is C31H34FN5O3. The number of aromatic nitrogens is 4. The number of imidazole rings is 1. The summed E-state index contributed by atoms with van der Waals surface area (Å²) in [5.41, 5.74) is 4.24. The van der Waals surface area contributed by atoms with E-state index in [0.29, 0.717) is 59.7 Å². The lowest BCUT2D eigenvalue weighted by Crippen LogP contribution is -2.33. The van der Waals surface area contributed by atoms with Gasteiger partial charge in [0, 0.05) is 19.1 Å². The van der Waals surface area contributed by atoms with Gasteiger partial charge in [0.15, 0.2) is 0 Å². The number of hydrogen-bond donors (Lipinski definition) is 3. The van der Waals surface area contributed by atoms with Crippen molar-refractivity contribution in [3.05, 3.63) is 88.2 Å². The summed E-state index contributed by atoms with van der Waals surface area (Å²) in [4.78, 5) is 25.6. The maximum absolute atomic E-state index is 13.3. The highest BCUT2D eigenvalue weighted by atomic mass is 19.1. The van der Waals surface area contributed by atoms with Gasteiger partial charge in [0.05, 0.1) is 46.5 Å². The van der Waals surface area contributed by atoms with E-state index in [0.717, 1.165) is 23.1 Å². The second kappa shape index (κ2) is 12.0. The summed E-state index contributed by atoms with van der Waals surface area (Å²) in [5.74, 6) is 0.727. The average Bonchev–Trinajstić information content (AvgIpc) is 3.32. The van der Waals surface area contributed by atoms with Gasteiger partial charge in [0.25, 0.3) is 5.56 Å². The molecule has 0 saturated heterocycles. The van der Waals surface area contributed by atoms with Crippen LogP contribution >= 0.6 is 0 Å². The summed E-state index contributed by atoms with van der Waals surface area (Å²) in [6.45, 7) is 7.61. The van der Waals surface area contributed by atoms with E-state index in [2.05, 4.69) is 15.3 Å². The van der Waals surface area contributed by atoms with Crippen molar-refractivity contribution >= 4 is 21.9 Å². The van der Waals surface area contributed by atoms with Crippen molar-refractivity contribution in [1.82, 2.24) is 24.8 Å². The molecule has 0 aliphatic carbocycles. The zero-order chi connectivity index (χ0) is 28.2. The minimum Gasteiger partial charge on any atom is -0.493 e. The van der Waals surface area contributed by atoms with Crippen LogP contribution in [-0.4, -0.2) is 49.9 Å². The number of benzene rings is 3. The number of halogens is 1.